The Morgan fingerprint density at radius 1 is 1.35 bits per heavy atom. The van der Waals surface area contributed by atoms with E-state index < -0.39 is 5.41 Å². The van der Waals surface area contributed by atoms with Gasteiger partial charge < -0.3 is 15.5 Å². The van der Waals surface area contributed by atoms with Crippen LogP contribution in [0, 0.1) is 5.41 Å². The molecule has 2 N–H and O–H groups in total. The largest absolute Gasteiger partial charge is 0.352 e. The molecular weight excluding hydrogens is 254 g/mol. The SMILES string of the molecule is CCC(C)(CN)C(=O)N1CCN(c2cnccn2)CC1. The average Bonchev–Trinajstić information content (AvgIpc) is 2.54. The van der Waals surface area contributed by atoms with Gasteiger partial charge in [-0.05, 0) is 13.3 Å². The number of anilines is 1. The Labute approximate surface area is 120 Å². The summed E-state index contributed by atoms with van der Waals surface area (Å²) >= 11 is 0. The van der Waals surface area contributed by atoms with E-state index in [1.807, 2.05) is 18.7 Å². The van der Waals surface area contributed by atoms with Gasteiger partial charge in [-0.2, -0.15) is 0 Å². The first-order valence-electron chi connectivity index (χ1n) is 7.11. The molecule has 0 aromatic carbocycles. The van der Waals surface area contributed by atoms with Gasteiger partial charge in [0.05, 0.1) is 11.6 Å². The Morgan fingerprint density at radius 3 is 2.55 bits per heavy atom. The Hall–Kier alpha value is -1.69. The number of aromatic nitrogens is 2. The molecule has 1 aromatic heterocycles. The molecule has 0 saturated carbocycles. The Bertz CT molecular complexity index is 438. The first kappa shape index (κ1) is 14.7. The minimum absolute atomic E-state index is 0.168. The monoisotopic (exact) mass is 277 g/mol. The van der Waals surface area contributed by atoms with Crippen molar-refractivity contribution in [3.05, 3.63) is 18.6 Å². The van der Waals surface area contributed by atoms with Crippen molar-refractivity contribution in [3.63, 3.8) is 0 Å². The van der Waals surface area contributed by atoms with E-state index in [9.17, 15) is 4.79 Å². The smallest absolute Gasteiger partial charge is 0.229 e. The summed E-state index contributed by atoms with van der Waals surface area (Å²) in [6.07, 6.45) is 5.88. The highest BCUT2D eigenvalue weighted by atomic mass is 16.2. The van der Waals surface area contributed by atoms with Crippen LogP contribution in [-0.4, -0.2) is 53.5 Å². The molecule has 1 fully saturated rings. The van der Waals surface area contributed by atoms with E-state index in [4.69, 9.17) is 5.73 Å². The molecule has 1 aliphatic heterocycles. The van der Waals surface area contributed by atoms with Gasteiger partial charge in [0.15, 0.2) is 0 Å². The Kier molecular flexibility index (Phi) is 4.54. The van der Waals surface area contributed by atoms with Crippen LogP contribution in [0.1, 0.15) is 20.3 Å². The van der Waals surface area contributed by atoms with E-state index in [1.54, 1.807) is 18.6 Å². The molecule has 1 saturated heterocycles. The standard InChI is InChI=1S/C14H23N5O/c1-3-14(2,11-15)13(20)19-8-6-18(7-9-19)12-10-16-4-5-17-12/h4-5,10H,3,6-9,11,15H2,1-2H3. The van der Waals surface area contributed by atoms with Gasteiger partial charge in [-0.25, -0.2) is 4.98 Å². The third kappa shape index (κ3) is 2.90. The van der Waals surface area contributed by atoms with Gasteiger partial charge in [0.25, 0.3) is 0 Å². The molecule has 20 heavy (non-hydrogen) atoms. The maximum Gasteiger partial charge on any atom is 0.229 e. The number of carbonyl (C=O) groups excluding carboxylic acids is 1. The second-order valence-corrected chi connectivity index (χ2v) is 5.46. The molecule has 1 amide bonds. The van der Waals surface area contributed by atoms with E-state index in [-0.39, 0.29) is 5.91 Å². The number of nitrogens with two attached hydrogens (primary N) is 1. The molecule has 1 unspecified atom stereocenters. The van der Waals surface area contributed by atoms with Crippen molar-refractivity contribution in [2.75, 3.05) is 37.6 Å². The maximum absolute atomic E-state index is 12.5. The molecule has 6 nitrogen and oxygen atoms in total. The summed E-state index contributed by atoms with van der Waals surface area (Å²) in [7, 11) is 0. The number of nitrogens with zero attached hydrogens (tertiary/aromatic N) is 4. The molecule has 2 rings (SSSR count). The summed E-state index contributed by atoms with van der Waals surface area (Å²) in [6.45, 7) is 7.36. The van der Waals surface area contributed by atoms with E-state index in [0.29, 0.717) is 19.6 Å². The normalized spacial score (nSPS) is 18.8. The summed E-state index contributed by atoms with van der Waals surface area (Å²) in [5.74, 6) is 1.04. The van der Waals surface area contributed by atoms with Crippen LogP contribution >= 0.6 is 0 Å². The van der Waals surface area contributed by atoms with E-state index >= 15 is 0 Å². The molecule has 1 aromatic rings. The number of hydrogen-bond acceptors (Lipinski definition) is 5. The van der Waals surface area contributed by atoms with Crippen LogP contribution < -0.4 is 10.6 Å². The number of carbonyl (C=O) groups is 1. The zero-order valence-electron chi connectivity index (χ0n) is 12.2. The quantitative estimate of drug-likeness (QED) is 0.867. The van der Waals surface area contributed by atoms with Crippen molar-refractivity contribution in [2.24, 2.45) is 11.1 Å². The Morgan fingerprint density at radius 2 is 2.05 bits per heavy atom. The highest BCUT2D eigenvalue weighted by molar-refractivity contribution is 5.82. The molecule has 1 atom stereocenters. The highest BCUT2D eigenvalue weighted by Crippen LogP contribution is 2.24. The van der Waals surface area contributed by atoms with Gasteiger partial charge in [0.1, 0.15) is 5.82 Å². The predicted molar refractivity (Wildman–Crippen MR) is 78.3 cm³/mol. The van der Waals surface area contributed by atoms with Crippen molar-refractivity contribution in [1.29, 1.82) is 0 Å². The van der Waals surface area contributed by atoms with Crippen molar-refractivity contribution in [3.8, 4) is 0 Å². The fourth-order valence-electron chi connectivity index (χ4n) is 2.36. The van der Waals surface area contributed by atoms with Gasteiger partial charge in [0, 0.05) is 45.1 Å². The van der Waals surface area contributed by atoms with Crippen LogP contribution in [0.4, 0.5) is 5.82 Å². The summed E-state index contributed by atoms with van der Waals surface area (Å²) in [4.78, 5) is 25.0. The summed E-state index contributed by atoms with van der Waals surface area (Å²) in [6, 6.07) is 0. The lowest BCUT2D eigenvalue weighted by atomic mass is 9.86. The van der Waals surface area contributed by atoms with Crippen LogP contribution in [0.2, 0.25) is 0 Å². The number of hydrogen-bond donors (Lipinski definition) is 1. The van der Waals surface area contributed by atoms with Crippen molar-refractivity contribution in [2.45, 2.75) is 20.3 Å². The lowest BCUT2D eigenvalue weighted by Crippen LogP contribution is -2.54. The predicted octanol–water partition coefficient (Wildman–Crippen LogP) is 0.500. The number of piperazine rings is 1. The fraction of sp³-hybridized carbons (Fsp3) is 0.643. The molecule has 2 heterocycles. The summed E-state index contributed by atoms with van der Waals surface area (Å²) < 4.78 is 0. The zero-order chi connectivity index (χ0) is 14.6. The molecular formula is C14H23N5O. The molecule has 0 radical (unpaired) electrons. The molecule has 1 aliphatic rings. The van der Waals surface area contributed by atoms with E-state index in [2.05, 4.69) is 14.9 Å². The lowest BCUT2D eigenvalue weighted by molar-refractivity contribution is -0.141. The van der Waals surface area contributed by atoms with Gasteiger partial charge >= 0.3 is 0 Å². The van der Waals surface area contributed by atoms with Crippen molar-refractivity contribution in [1.82, 2.24) is 14.9 Å². The molecule has 0 bridgehead atoms. The average molecular weight is 277 g/mol. The van der Waals surface area contributed by atoms with Gasteiger partial charge in [-0.1, -0.05) is 6.92 Å². The minimum atomic E-state index is -0.436. The van der Waals surface area contributed by atoms with Crippen molar-refractivity contribution < 1.29 is 4.79 Å². The maximum atomic E-state index is 12.5. The van der Waals surface area contributed by atoms with E-state index in [0.717, 1.165) is 25.3 Å². The van der Waals surface area contributed by atoms with Crippen LogP contribution in [0.3, 0.4) is 0 Å². The van der Waals surface area contributed by atoms with Gasteiger partial charge in [-0.15, -0.1) is 0 Å². The highest BCUT2D eigenvalue weighted by Gasteiger charge is 2.35. The molecule has 6 heteroatoms. The third-order valence-electron chi connectivity index (χ3n) is 4.19. The van der Waals surface area contributed by atoms with Crippen molar-refractivity contribution >= 4 is 11.7 Å². The second-order valence-electron chi connectivity index (χ2n) is 5.46. The summed E-state index contributed by atoms with van der Waals surface area (Å²) in [5.41, 5.74) is 5.33. The Balaban J connectivity index is 1.96. The molecule has 0 spiro atoms. The second kappa shape index (κ2) is 6.17. The van der Waals surface area contributed by atoms with Crippen LogP contribution in [-0.2, 0) is 4.79 Å². The minimum Gasteiger partial charge on any atom is -0.352 e. The van der Waals surface area contributed by atoms with Crippen LogP contribution in [0.25, 0.3) is 0 Å². The topological polar surface area (TPSA) is 75.4 Å². The third-order valence-corrected chi connectivity index (χ3v) is 4.19. The number of amides is 1. The summed E-state index contributed by atoms with van der Waals surface area (Å²) in [5, 5.41) is 0. The van der Waals surface area contributed by atoms with Crippen LogP contribution in [0.15, 0.2) is 18.6 Å². The molecule has 110 valence electrons. The molecule has 0 aliphatic carbocycles. The van der Waals surface area contributed by atoms with Crippen LogP contribution in [0.5, 0.6) is 0 Å². The zero-order valence-corrected chi connectivity index (χ0v) is 12.2. The van der Waals surface area contributed by atoms with Gasteiger partial charge in [-0.3, -0.25) is 9.78 Å². The lowest BCUT2D eigenvalue weighted by Gasteiger charge is -2.39. The van der Waals surface area contributed by atoms with E-state index in [1.165, 1.54) is 0 Å². The fourth-order valence-corrected chi connectivity index (χ4v) is 2.36. The van der Waals surface area contributed by atoms with Gasteiger partial charge in [0.2, 0.25) is 5.91 Å². The number of rotatable bonds is 4. The first-order valence-corrected chi connectivity index (χ1v) is 7.11. The first-order chi connectivity index (χ1) is 9.60.